The van der Waals surface area contributed by atoms with E-state index in [2.05, 4.69) is 5.32 Å². The summed E-state index contributed by atoms with van der Waals surface area (Å²) in [5.74, 6) is -1.97. The van der Waals surface area contributed by atoms with Gasteiger partial charge in [0, 0.05) is 32.7 Å². The number of rotatable bonds is 4. The zero-order chi connectivity index (χ0) is 16.6. The number of fused-ring (bicyclic) bond motifs is 1. The van der Waals surface area contributed by atoms with E-state index in [0.29, 0.717) is 26.2 Å². The van der Waals surface area contributed by atoms with Gasteiger partial charge in [-0.1, -0.05) is 0 Å². The Kier molecular flexibility index (Phi) is 4.12. The monoisotopic (exact) mass is 318 g/mol. The molecule has 8 nitrogen and oxygen atoms in total. The lowest BCUT2D eigenvalue weighted by Crippen LogP contribution is -2.61. The quantitative estimate of drug-likeness (QED) is 0.621. The van der Waals surface area contributed by atoms with Gasteiger partial charge in [-0.15, -0.1) is 0 Å². The van der Waals surface area contributed by atoms with Gasteiger partial charge in [-0.3, -0.25) is 19.4 Å². The van der Waals surface area contributed by atoms with Gasteiger partial charge in [-0.05, 0) is 18.2 Å². The molecule has 0 spiro atoms. The Balaban J connectivity index is 1.94. The second-order valence-corrected chi connectivity index (χ2v) is 5.56. The Morgan fingerprint density at radius 1 is 1.30 bits per heavy atom. The summed E-state index contributed by atoms with van der Waals surface area (Å²) in [7, 11) is 0. The number of carbonyl (C=O) groups excluding carboxylic acids is 2. The number of carbonyl (C=O) groups is 3. The molecule has 0 saturated carbocycles. The van der Waals surface area contributed by atoms with E-state index in [1.54, 1.807) is 0 Å². The molecule has 0 aromatic heterocycles. The van der Waals surface area contributed by atoms with Crippen LogP contribution in [0.1, 0.15) is 31.1 Å². The van der Waals surface area contributed by atoms with Gasteiger partial charge in [-0.2, -0.15) is 0 Å². The highest BCUT2D eigenvalue weighted by atomic mass is 16.4. The van der Waals surface area contributed by atoms with Crippen molar-refractivity contribution in [1.82, 2.24) is 15.1 Å². The fourth-order valence-corrected chi connectivity index (χ4v) is 3.08. The van der Waals surface area contributed by atoms with Crippen molar-refractivity contribution < 1.29 is 19.5 Å². The molecule has 1 fully saturated rings. The fraction of sp³-hybridized carbons (Fsp3) is 0.400. The summed E-state index contributed by atoms with van der Waals surface area (Å²) in [5.41, 5.74) is 6.00. The van der Waals surface area contributed by atoms with Crippen LogP contribution in [-0.2, 0) is 0 Å². The molecule has 4 N–H and O–H groups in total. The van der Waals surface area contributed by atoms with Crippen molar-refractivity contribution in [2.75, 3.05) is 32.7 Å². The Bertz CT molecular complexity index is 673. The molecule has 1 atom stereocenters. The lowest BCUT2D eigenvalue weighted by molar-refractivity contribution is 0.0239. The summed E-state index contributed by atoms with van der Waals surface area (Å²) < 4.78 is 0. The Morgan fingerprint density at radius 3 is 2.74 bits per heavy atom. The molecule has 1 aromatic rings. The summed E-state index contributed by atoms with van der Waals surface area (Å²) in [6.07, 6.45) is -0.409. The molecule has 2 heterocycles. The molecule has 0 aliphatic carbocycles. The minimum Gasteiger partial charge on any atom is -0.478 e. The SMILES string of the molecule is NCCN1CCNCC1N1C(=O)c2ccc(C(=O)O)cc2C1=O. The van der Waals surface area contributed by atoms with Gasteiger partial charge in [0.05, 0.1) is 16.7 Å². The second kappa shape index (κ2) is 6.07. The maximum atomic E-state index is 12.7. The number of hydrogen-bond acceptors (Lipinski definition) is 6. The summed E-state index contributed by atoms with van der Waals surface area (Å²) >= 11 is 0. The van der Waals surface area contributed by atoms with Crippen molar-refractivity contribution in [2.24, 2.45) is 5.73 Å². The van der Waals surface area contributed by atoms with Crippen molar-refractivity contribution in [3.8, 4) is 0 Å². The van der Waals surface area contributed by atoms with Gasteiger partial charge < -0.3 is 16.2 Å². The zero-order valence-electron chi connectivity index (χ0n) is 12.5. The molecule has 2 amide bonds. The van der Waals surface area contributed by atoms with Crippen molar-refractivity contribution in [3.05, 3.63) is 34.9 Å². The summed E-state index contributed by atoms with van der Waals surface area (Å²) in [6.45, 7) is 2.94. The van der Waals surface area contributed by atoms with Crippen molar-refractivity contribution in [2.45, 2.75) is 6.17 Å². The normalized spacial score (nSPS) is 21.6. The van der Waals surface area contributed by atoms with Crippen molar-refractivity contribution in [3.63, 3.8) is 0 Å². The first-order chi connectivity index (χ1) is 11.0. The van der Waals surface area contributed by atoms with Crippen LogP contribution in [0.2, 0.25) is 0 Å². The summed E-state index contributed by atoms with van der Waals surface area (Å²) in [6, 6.07) is 4.01. The van der Waals surface area contributed by atoms with Crippen LogP contribution in [0.5, 0.6) is 0 Å². The number of benzene rings is 1. The molecule has 2 aliphatic rings. The van der Waals surface area contributed by atoms with Gasteiger partial charge in [0.1, 0.15) is 6.17 Å². The highest BCUT2D eigenvalue weighted by Crippen LogP contribution is 2.27. The van der Waals surface area contributed by atoms with Crippen LogP contribution in [0.15, 0.2) is 18.2 Å². The molecule has 122 valence electrons. The van der Waals surface area contributed by atoms with Gasteiger partial charge in [0.2, 0.25) is 0 Å². The van der Waals surface area contributed by atoms with Gasteiger partial charge in [0.15, 0.2) is 0 Å². The third kappa shape index (κ3) is 2.61. The standard InChI is InChI=1S/C15H18N4O4/c16-3-5-18-6-4-17-8-12(18)19-13(20)10-2-1-9(15(22)23)7-11(10)14(19)21/h1-2,7,12,17H,3-6,8,16H2,(H,22,23). The maximum Gasteiger partial charge on any atom is 0.335 e. The number of nitrogens with two attached hydrogens (primary N) is 1. The molecule has 1 aromatic carbocycles. The zero-order valence-corrected chi connectivity index (χ0v) is 12.5. The second-order valence-electron chi connectivity index (χ2n) is 5.56. The topological polar surface area (TPSA) is 116 Å². The number of imide groups is 1. The van der Waals surface area contributed by atoms with Crippen LogP contribution >= 0.6 is 0 Å². The average Bonchev–Trinajstić information content (AvgIpc) is 2.79. The van der Waals surface area contributed by atoms with Gasteiger partial charge >= 0.3 is 5.97 Å². The highest BCUT2D eigenvalue weighted by molar-refractivity contribution is 6.22. The third-order valence-corrected chi connectivity index (χ3v) is 4.20. The number of amides is 2. The lowest BCUT2D eigenvalue weighted by Gasteiger charge is -2.40. The molecule has 3 rings (SSSR count). The molecule has 0 radical (unpaired) electrons. The number of nitrogens with zero attached hydrogens (tertiary/aromatic N) is 2. The number of piperazine rings is 1. The molecule has 1 saturated heterocycles. The summed E-state index contributed by atoms with van der Waals surface area (Å²) in [5, 5.41) is 12.2. The smallest absolute Gasteiger partial charge is 0.335 e. The van der Waals surface area contributed by atoms with Crippen LogP contribution in [0.4, 0.5) is 0 Å². The van der Waals surface area contributed by atoms with Crippen LogP contribution in [0.25, 0.3) is 0 Å². The molecular weight excluding hydrogens is 300 g/mol. The van der Waals surface area contributed by atoms with Crippen LogP contribution < -0.4 is 11.1 Å². The molecule has 8 heteroatoms. The maximum absolute atomic E-state index is 12.7. The largest absolute Gasteiger partial charge is 0.478 e. The first-order valence-electron chi connectivity index (χ1n) is 7.44. The molecular formula is C15H18N4O4. The van der Waals surface area contributed by atoms with Crippen molar-refractivity contribution in [1.29, 1.82) is 0 Å². The minimum atomic E-state index is -1.13. The van der Waals surface area contributed by atoms with Gasteiger partial charge in [0.25, 0.3) is 11.8 Å². The van der Waals surface area contributed by atoms with Crippen LogP contribution in [0, 0.1) is 0 Å². The first-order valence-corrected chi connectivity index (χ1v) is 7.44. The average molecular weight is 318 g/mol. The minimum absolute atomic E-state index is 0.00710. The van der Waals surface area contributed by atoms with E-state index in [-0.39, 0.29) is 16.7 Å². The number of nitrogens with one attached hydrogen (secondary N) is 1. The predicted octanol–water partition coefficient (Wildman–Crippen LogP) is -0.829. The van der Waals surface area contributed by atoms with Crippen molar-refractivity contribution >= 4 is 17.8 Å². The number of hydrogen-bond donors (Lipinski definition) is 3. The van der Waals surface area contributed by atoms with Gasteiger partial charge in [-0.25, -0.2) is 4.79 Å². The summed E-state index contributed by atoms with van der Waals surface area (Å²) in [4.78, 5) is 39.5. The predicted molar refractivity (Wildman–Crippen MR) is 81.2 cm³/mol. The van der Waals surface area contributed by atoms with E-state index < -0.39 is 23.9 Å². The fourth-order valence-electron chi connectivity index (χ4n) is 3.08. The van der Waals surface area contributed by atoms with Crippen LogP contribution in [0.3, 0.4) is 0 Å². The van der Waals surface area contributed by atoms with E-state index in [1.165, 1.54) is 23.1 Å². The Morgan fingerprint density at radius 2 is 2.04 bits per heavy atom. The first kappa shape index (κ1) is 15.6. The van der Waals surface area contributed by atoms with E-state index in [4.69, 9.17) is 10.8 Å². The lowest BCUT2D eigenvalue weighted by atomic mass is 10.1. The van der Waals surface area contributed by atoms with E-state index in [9.17, 15) is 14.4 Å². The molecule has 0 bridgehead atoms. The highest BCUT2D eigenvalue weighted by Gasteiger charge is 2.42. The van der Waals surface area contributed by atoms with E-state index in [1.807, 2.05) is 4.90 Å². The third-order valence-electron chi connectivity index (χ3n) is 4.20. The molecule has 1 unspecified atom stereocenters. The van der Waals surface area contributed by atoms with Crippen LogP contribution in [-0.4, -0.2) is 71.6 Å². The Labute approximate surface area is 132 Å². The number of carboxylic acids is 1. The molecule has 23 heavy (non-hydrogen) atoms. The molecule has 2 aliphatic heterocycles. The Hall–Kier alpha value is -2.29. The van der Waals surface area contributed by atoms with E-state index in [0.717, 1.165) is 6.54 Å². The van der Waals surface area contributed by atoms with E-state index >= 15 is 0 Å². The number of carboxylic acid groups (broad SMARTS) is 1. The number of aromatic carboxylic acids is 1.